The van der Waals surface area contributed by atoms with Crippen molar-refractivity contribution in [2.24, 2.45) is 5.92 Å². The highest BCUT2D eigenvalue weighted by molar-refractivity contribution is 6.06. The highest BCUT2D eigenvalue weighted by Crippen LogP contribution is 2.19. The molecule has 1 rings (SSSR count). The molecule has 0 aromatic carbocycles. The quantitative estimate of drug-likeness (QED) is 0.125. The average molecular weight is 558 g/mol. The standard InChI is InChI=1S/C17H26N4O5.C5H10N2O2.2C2H6/c1-10(2)11(3)20-14(23)9-18-13(22)8-19-17(26)12(4)21(5)15(24)6-7-16(21)25;1-2-7-5(9)3-6-4-8;2*1-2/h6-7,10-12H,8-9H2,1-5H3,(H2-,18,19,20,22,23,26);4H,2-3H2,1H3,(H,6,8)(H,7,9);2*1-2H3/p+1. The van der Waals surface area contributed by atoms with Gasteiger partial charge in [-0.15, -0.1) is 0 Å². The van der Waals surface area contributed by atoms with E-state index < -0.39 is 34.2 Å². The molecule has 0 aromatic heterocycles. The molecule has 0 aliphatic carbocycles. The fourth-order valence-corrected chi connectivity index (χ4v) is 2.60. The molecule has 0 saturated heterocycles. The van der Waals surface area contributed by atoms with Crippen LogP contribution in [0.4, 0.5) is 0 Å². The summed E-state index contributed by atoms with van der Waals surface area (Å²) in [6.45, 7) is 17.2. The summed E-state index contributed by atoms with van der Waals surface area (Å²) in [7, 11) is 1.36. The summed E-state index contributed by atoms with van der Waals surface area (Å²) in [6.07, 6.45) is 2.76. The van der Waals surface area contributed by atoms with Crippen LogP contribution in [0.25, 0.3) is 0 Å². The minimum atomic E-state index is -0.979. The molecule has 0 aromatic rings. The second kappa shape index (κ2) is 22.4. The number of quaternary nitrogens is 1. The summed E-state index contributed by atoms with van der Waals surface area (Å²) in [4.78, 5) is 79.5. The number of nitrogens with zero attached hydrogens (tertiary/aromatic N) is 1. The molecule has 1 aliphatic heterocycles. The largest absolute Gasteiger partial charge is 0.355 e. The molecule has 0 saturated carbocycles. The van der Waals surface area contributed by atoms with Crippen molar-refractivity contribution in [3.8, 4) is 0 Å². The Morgan fingerprint density at radius 2 is 1.26 bits per heavy atom. The Balaban J connectivity index is -0.000000835. The molecule has 224 valence electrons. The Hall–Kier alpha value is -3.61. The van der Waals surface area contributed by atoms with Gasteiger partial charge in [-0.2, -0.15) is 4.48 Å². The smallest absolute Gasteiger partial charge is 0.347 e. The van der Waals surface area contributed by atoms with Crippen LogP contribution in [0.1, 0.15) is 62.3 Å². The normalized spacial score (nSPS) is 14.0. The molecule has 13 nitrogen and oxygen atoms in total. The van der Waals surface area contributed by atoms with Crippen LogP contribution in [0.3, 0.4) is 0 Å². The Bertz CT molecular complexity index is 825. The molecule has 0 fully saturated rings. The SMILES string of the molecule is CC.CC.CC(C)C(C)NC(=O)CNC(=O)CNC(=O)C(C)[N+]1(C)C(=O)C=CC1=O.CCNC(=O)CNC=O. The zero-order valence-electron chi connectivity index (χ0n) is 25.1. The molecule has 1 aliphatic rings. The van der Waals surface area contributed by atoms with Crippen molar-refractivity contribution in [3.05, 3.63) is 12.2 Å². The summed E-state index contributed by atoms with van der Waals surface area (Å²) in [6, 6.07) is -0.999. The van der Waals surface area contributed by atoms with Gasteiger partial charge in [-0.25, -0.2) is 9.59 Å². The van der Waals surface area contributed by atoms with Gasteiger partial charge in [0.15, 0.2) is 6.04 Å². The summed E-state index contributed by atoms with van der Waals surface area (Å²) in [5.41, 5.74) is 0. The summed E-state index contributed by atoms with van der Waals surface area (Å²) < 4.78 is -0.692. The third kappa shape index (κ3) is 15.4. The van der Waals surface area contributed by atoms with E-state index in [2.05, 4.69) is 26.6 Å². The molecule has 1 heterocycles. The number of carbonyl (C=O) groups is 7. The van der Waals surface area contributed by atoms with Crippen LogP contribution >= 0.6 is 0 Å². The zero-order chi connectivity index (χ0) is 31.2. The monoisotopic (exact) mass is 557 g/mol. The van der Waals surface area contributed by atoms with Crippen LogP contribution in [-0.4, -0.2) is 91.6 Å². The van der Waals surface area contributed by atoms with Crippen LogP contribution in [-0.2, 0) is 33.6 Å². The van der Waals surface area contributed by atoms with E-state index in [1.165, 1.54) is 14.0 Å². The fraction of sp³-hybridized carbons (Fsp3) is 0.654. The molecule has 0 spiro atoms. The van der Waals surface area contributed by atoms with Crippen LogP contribution in [0.2, 0.25) is 0 Å². The van der Waals surface area contributed by atoms with E-state index in [-0.39, 0.29) is 43.4 Å². The van der Waals surface area contributed by atoms with Gasteiger partial charge in [0, 0.05) is 12.6 Å². The lowest BCUT2D eigenvalue weighted by atomic mass is 10.1. The van der Waals surface area contributed by atoms with Crippen molar-refractivity contribution in [1.29, 1.82) is 0 Å². The Morgan fingerprint density at radius 1 is 0.795 bits per heavy atom. The van der Waals surface area contributed by atoms with Gasteiger partial charge in [0.2, 0.25) is 24.1 Å². The average Bonchev–Trinajstić information content (AvgIpc) is 3.19. The predicted octanol–water partition coefficient (Wildman–Crippen LogP) is -0.241. The van der Waals surface area contributed by atoms with Gasteiger partial charge in [0.1, 0.15) is 0 Å². The number of likely N-dealkylation sites (N-methyl/N-ethyl adjacent to an activating group) is 2. The van der Waals surface area contributed by atoms with E-state index in [9.17, 15) is 33.6 Å². The molecule has 7 amide bonds. The van der Waals surface area contributed by atoms with Gasteiger partial charge < -0.3 is 26.6 Å². The lowest BCUT2D eigenvalue weighted by Crippen LogP contribution is -2.61. The van der Waals surface area contributed by atoms with E-state index in [4.69, 9.17) is 0 Å². The number of amides is 7. The number of nitrogens with one attached hydrogen (secondary N) is 5. The number of hydrogen-bond donors (Lipinski definition) is 5. The third-order valence-electron chi connectivity index (χ3n) is 5.42. The van der Waals surface area contributed by atoms with E-state index >= 15 is 0 Å². The Morgan fingerprint density at radius 3 is 1.69 bits per heavy atom. The topological polar surface area (TPSA) is 180 Å². The molecule has 2 unspecified atom stereocenters. The number of imide groups is 1. The minimum Gasteiger partial charge on any atom is -0.355 e. The molecule has 13 heteroatoms. The van der Waals surface area contributed by atoms with Crippen LogP contribution in [0.15, 0.2) is 12.2 Å². The van der Waals surface area contributed by atoms with Crippen LogP contribution in [0.5, 0.6) is 0 Å². The van der Waals surface area contributed by atoms with Crippen molar-refractivity contribution in [3.63, 3.8) is 0 Å². The van der Waals surface area contributed by atoms with Crippen LogP contribution in [0, 0.1) is 5.92 Å². The summed E-state index contributed by atoms with van der Waals surface area (Å²) >= 11 is 0. The van der Waals surface area contributed by atoms with E-state index in [0.717, 1.165) is 12.2 Å². The van der Waals surface area contributed by atoms with Crippen molar-refractivity contribution < 1.29 is 38.0 Å². The lowest BCUT2D eigenvalue weighted by Gasteiger charge is -2.29. The molecule has 2 atom stereocenters. The van der Waals surface area contributed by atoms with E-state index in [0.29, 0.717) is 13.0 Å². The second-order valence-corrected chi connectivity index (χ2v) is 8.31. The first-order valence-electron chi connectivity index (χ1n) is 13.2. The Labute approximate surface area is 232 Å². The predicted molar refractivity (Wildman–Crippen MR) is 149 cm³/mol. The van der Waals surface area contributed by atoms with Crippen molar-refractivity contribution in [2.45, 2.75) is 74.4 Å². The third-order valence-corrected chi connectivity index (χ3v) is 5.42. The summed E-state index contributed by atoms with van der Waals surface area (Å²) in [5.74, 6) is -2.34. The van der Waals surface area contributed by atoms with Gasteiger partial charge >= 0.3 is 11.8 Å². The maximum atomic E-state index is 12.2. The van der Waals surface area contributed by atoms with Crippen molar-refractivity contribution >= 4 is 41.9 Å². The van der Waals surface area contributed by atoms with Gasteiger partial charge in [0.05, 0.1) is 38.8 Å². The van der Waals surface area contributed by atoms with Gasteiger partial charge in [-0.05, 0) is 26.7 Å². The van der Waals surface area contributed by atoms with E-state index in [1.807, 2.05) is 55.4 Å². The number of rotatable bonds is 12. The zero-order valence-corrected chi connectivity index (χ0v) is 25.1. The highest BCUT2D eigenvalue weighted by Gasteiger charge is 2.49. The minimum absolute atomic E-state index is 0.0199. The van der Waals surface area contributed by atoms with Crippen LogP contribution < -0.4 is 26.6 Å². The molecule has 0 radical (unpaired) electrons. The first-order valence-corrected chi connectivity index (χ1v) is 13.2. The molecular weight excluding hydrogens is 508 g/mol. The molecule has 5 N–H and O–H groups in total. The fourth-order valence-electron chi connectivity index (χ4n) is 2.60. The maximum Gasteiger partial charge on any atom is 0.347 e. The Kier molecular flexibility index (Phi) is 22.9. The van der Waals surface area contributed by atoms with E-state index in [1.54, 1.807) is 0 Å². The first-order chi connectivity index (χ1) is 18.3. The van der Waals surface area contributed by atoms with Crippen molar-refractivity contribution in [1.82, 2.24) is 26.6 Å². The first kappa shape index (κ1) is 39.9. The lowest BCUT2D eigenvalue weighted by molar-refractivity contribution is -0.765. The molecule has 0 bridgehead atoms. The van der Waals surface area contributed by atoms with Gasteiger partial charge in [-0.3, -0.25) is 24.0 Å². The number of hydrogen-bond acceptors (Lipinski definition) is 7. The highest BCUT2D eigenvalue weighted by atomic mass is 16.2. The van der Waals surface area contributed by atoms with Gasteiger partial charge in [0.25, 0.3) is 5.91 Å². The van der Waals surface area contributed by atoms with Gasteiger partial charge in [-0.1, -0.05) is 41.5 Å². The maximum absolute atomic E-state index is 12.2. The number of carbonyl (C=O) groups excluding carboxylic acids is 7. The summed E-state index contributed by atoms with van der Waals surface area (Å²) in [5, 5.41) is 12.3. The van der Waals surface area contributed by atoms with Crippen molar-refractivity contribution in [2.75, 3.05) is 33.2 Å². The second-order valence-electron chi connectivity index (χ2n) is 8.31. The molecular formula is C26H49N6O7+. The molecule has 39 heavy (non-hydrogen) atoms.